The molecule has 1 N–H and O–H groups in total. The first-order valence-electron chi connectivity index (χ1n) is 7.81. The van der Waals surface area contributed by atoms with Gasteiger partial charge < -0.3 is 14.7 Å². The maximum absolute atomic E-state index is 5.34. The highest BCUT2D eigenvalue weighted by Crippen LogP contribution is 2.21. The van der Waals surface area contributed by atoms with E-state index in [4.69, 9.17) is 4.52 Å². The molecule has 114 valence electrons. The second-order valence-corrected chi connectivity index (χ2v) is 6.30. The van der Waals surface area contributed by atoms with E-state index >= 15 is 0 Å². The Morgan fingerprint density at radius 1 is 1.40 bits per heavy atom. The highest BCUT2D eigenvalue weighted by molar-refractivity contribution is 4.92. The fourth-order valence-electron chi connectivity index (χ4n) is 2.81. The first-order valence-corrected chi connectivity index (χ1v) is 7.81. The fraction of sp³-hybridized carbons (Fsp3) is 0.867. The predicted molar refractivity (Wildman–Crippen MR) is 79.7 cm³/mol. The standard InChI is InChI=1S/C15H28N4O/c1-11(2)19-7-5-6-13(10-19)9-14-17-15(20-18-14)8-12(3)16-4/h11-13,16H,5-10H2,1-4H3. The van der Waals surface area contributed by atoms with Gasteiger partial charge in [-0.15, -0.1) is 0 Å². The molecule has 5 nitrogen and oxygen atoms in total. The second-order valence-electron chi connectivity index (χ2n) is 6.30. The average molecular weight is 280 g/mol. The van der Waals surface area contributed by atoms with Crippen molar-refractivity contribution in [1.82, 2.24) is 20.4 Å². The molecular formula is C15H28N4O. The lowest BCUT2D eigenvalue weighted by Crippen LogP contribution is -2.40. The average Bonchev–Trinajstić information content (AvgIpc) is 2.86. The van der Waals surface area contributed by atoms with Gasteiger partial charge in [0.1, 0.15) is 0 Å². The lowest BCUT2D eigenvalue weighted by atomic mass is 9.94. The number of rotatable bonds is 6. The molecule has 2 rings (SSSR count). The van der Waals surface area contributed by atoms with Gasteiger partial charge in [0.2, 0.25) is 5.89 Å². The van der Waals surface area contributed by atoms with Crippen molar-refractivity contribution in [3.63, 3.8) is 0 Å². The van der Waals surface area contributed by atoms with Crippen LogP contribution < -0.4 is 5.32 Å². The summed E-state index contributed by atoms with van der Waals surface area (Å²) in [4.78, 5) is 7.08. The zero-order valence-corrected chi connectivity index (χ0v) is 13.2. The zero-order valence-electron chi connectivity index (χ0n) is 13.2. The largest absolute Gasteiger partial charge is 0.339 e. The summed E-state index contributed by atoms with van der Waals surface area (Å²) in [5.74, 6) is 2.29. The number of hydrogen-bond acceptors (Lipinski definition) is 5. The van der Waals surface area contributed by atoms with Crippen molar-refractivity contribution in [2.75, 3.05) is 20.1 Å². The van der Waals surface area contributed by atoms with E-state index in [1.54, 1.807) is 0 Å². The Balaban J connectivity index is 1.86. The minimum Gasteiger partial charge on any atom is -0.339 e. The Labute approximate surface area is 122 Å². The summed E-state index contributed by atoms with van der Waals surface area (Å²) in [6, 6.07) is 1.00. The molecule has 2 heterocycles. The first-order chi connectivity index (χ1) is 9.58. The van der Waals surface area contributed by atoms with Gasteiger partial charge in [-0.05, 0) is 53.1 Å². The molecular weight excluding hydrogens is 252 g/mol. The molecule has 0 aromatic carbocycles. The molecule has 20 heavy (non-hydrogen) atoms. The van der Waals surface area contributed by atoms with Crippen LogP contribution in [0.15, 0.2) is 4.52 Å². The summed E-state index contributed by atoms with van der Waals surface area (Å²) >= 11 is 0. The Hall–Kier alpha value is -0.940. The van der Waals surface area contributed by atoms with Gasteiger partial charge in [-0.25, -0.2) is 0 Å². The van der Waals surface area contributed by atoms with E-state index in [2.05, 4.69) is 41.1 Å². The molecule has 1 fully saturated rings. The van der Waals surface area contributed by atoms with Crippen molar-refractivity contribution < 1.29 is 4.52 Å². The molecule has 1 aliphatic rings. The van der Waals surface area contributed by atoms with E-state index in [-0.39, 0.29) is 0 Å². The van der Waals surface area contributed by atoms with E-state index in [0.717, 1.165) is 31.1 Å². The first kappa shape index (κ1) is 15.4. The minimum atomic E-state index is 0.370. The van der Waals surface area contributed by atoms with Crippen molar-refractivity contribution >= 4 is 0 Å². The third-order valence-electron chi connectivity index (χ3n) is 4.24. The summed E-state index contributed by atoms with van der Waals surface area (Å²) in [5.41, 5.74) is 0. The van der Waals surface area contributed by atoms with E-state index in [1.807, 2.05) is 7.05 Å². The van der Waals surface area contributed by atoms with Crippen molar-refractivity contribution in [2.24, 2.45) is 5.92 Å². The molecule has 0 amide bonds. The van der Waals surface area contributed by atoms with Crippen LogP contribution in [0.2, 0.25) is 0 Å². The molecule has 2 atom stereocenters. The zero-order chi connectivity index (χ0) is 14.5. The van der Waals surface area contributed by atoms with Crippen LogP contribution in [0.4, 0.5) is 0 Å². The molecule has 1 aromatic heterocycles. The molecule has 0 spiro atoms. The summed E-state index contributed by atoms with van der Waals surface area (Å²) in [5, 5.41) is 7.32. The molecule has 0 saturated carbocycles. The maximum Gasteiger partial charge on any atom is 0.228 e. The topological polar surface area (TPSA) is 54.2 Å². The molecule has 0 aliphatic carbocycles. The van der Waals surface area contributed by atoms with Crippen LogP contribution in [0.1, 0.15) is 45.3 Å². The summed E-state index contributed by atoms with van der Waals surface area (Å²) in [6.07, 6.45) is 4.30. The second kappa shape index (κ2) is 7.18. The van der Waals surface area contributed by atoms with Gasteiger partial charge in [-0.3, -0.25) is 0 Å². The van der Waals surface area contributed by atoms with Crippen LogP contribution in [-0.2, 0) is 12.8 Å². The molecule has 2 unspecified atom stereocenters. The molecule has 1 aromatic rings. The number of aromatic nitrogens is 2. The molecule has 1 saturated heterocycles. The molecule has 5 heteroatoms. The van der Waals surface area contributed by atoms with Gasteiger partial charge in [0.15, 0.2) is 5.82 Å². The molecule has 0 radical (unpaired) electrons. The number of nitrogens with one attached hydrogen (secondary N) is 1. The van der Waals surface area contributed by atoms with E-state index in [9.17, 15) is 0 Å². The van der Waals surface area contributed by atoms with Gasteiger partial charge in [-0.2, -0.15) is 4.98 Å². The predicted octanol–water partition coefficient (Wildman–Crippen LogP) is 1.88. The number of likely N-dealkylation sites (N-methyl/N-ethyl adjacent to an activating group) is 1. The Bertz CT molecular complexity index is 404. The van der Waals surface area contributed by atoms with Gasteiger partial charge in [0, 0.05) is 31.5 Å². The van der Waals surface area contributed by atoms with Crippen LogP contribution in [0, 0.1) is 5.92 Å². The van der Waals surface area contributed by atoms with Crippen molar-refractivity contribution in [1.29, 1.82) is 0 Å². The highest BCUT2D eigenvalue weighted by atomic mass is 16.5. The lowest BCUT2D eigenvalue weighted by Gasteiger charge is -2.35. The van der Waals surface area contributed by atoms with Crippen LogP contribution in [0.25, 0.3) is 0 Å². The SMILES string of the molecule is CNC(C)Cc1nc(CC2CCCN(C(C)C)C2)no1. The Kier molecular flexibility index (Phi) is 5.54. The number of likely N-dealkylation sites (tertiary alicyclic amines) is 1. The summed E-state index contributed by atoms with van der Waals surface area (Å²) in [7, 11) is 1.95. The Morgan fingerprint density at radius 2 is 2.20 bits per heavy atom. The van der Waals surface area contributed by atoms with Crippen molar-refractivity contribution in [2.45, 2.75) is 58.5 Å². The highest BCUT2D eigenvalue weighted by Gasteiger charge is 2.23. The van der Waals surface area contributed by atoms with Gasteiger partial charge >= 0.3 is 0 Å². The van der Waals surface area contributed by atoms with E-state index < -0.39 is 0 Å². The van der Waals surface area contributed by atoms with E-state index in [0.29, 0.717) is 18.0 Å². The van der Waals surface area contributed by atoms with Crippen LogP contribution >= 0.6 is 0 Å². The fourth-order valence-corrected chi connectivity index (χ4v) is 2.81. The van der Waals surface area contributed by atoms with Crippen molar-refractivity contribution in [3.05, 3.63) is 11.7 Å². The van der Waals surface area contributed by atoms with E-state index in [1.165, 1.54) is 19.4 Å². The normalized spacial score (nSPS) is 22.4. The molecule has 1 aliphatic heterocycles. The van der Waals surface area contributed by atoms with Gasteiger partial charge in [-0.1, -0.05) is 5.16 Å². The van der Waals surface area contributed by atoms with Crippen LogP contribution in [0.5, 0.6) is 0 Å². The summed E-state index contributed by atoms with van der Waals surface area (Å²) in [6.45, 7) is 9.05. The molecule has 0 bridgehead atoms. The quantitative estimate of drug-likeness (QED) is 0.862. The Morgan fingerprint density at radius 3 is 2.90 bits per heavy atom. The summed E-state index contributed by atoms with van der Waals surface area (Å²) < 4.78 is 5.34. The number of piperidine rings is 1. The maximum atomic E-state index is 5.34. The monoisotopic (exact) mass is 280 g/mol. The van der Waals surface area contributed by atoms with Crippen LogP contribution in [-0.4, -0.2) is 47.3 Å². The number of nitrogens with zero attached hydrogens (tertiary/aromatic N) is 3. The lowest BCUT2D eigenvalue weighted by molar-refractivity contribution is 0.138. The van der Waals surface area contributed by atoms with Gasteiger partial charge in [0.05, 0.1) is 0 Å². The minimum absolute atomic E-state index is 0.370. The number of hydrogen-bond donors (Lipinski definition) is 1. The third kappa shape index (κ3) is 4.28. The van der Waals surface area contributed by atoms with Gasteiger partial charge in [0.25, 0.3) is 0 Å². The third-order valence-corrected chi connectivity index (χ3v) is 4.24. The van der Waals surface area contributed by atoms with Crippen LogP contribution in [0.3, 0.4) is 0 Å². The van der Waals surface area contributed by atoms with Crippen molar-refractivity contribution in [3.8, 4) is 0 Å². The smallest absolute Gasteiger partial charge is 0.228 e.